The van der Waals surface area contributed by atoms with Gasteiger partial charge >= 0.3 is 0 Å². The zero-order valence-electron chi connectivity index (χ0n) is 8.05. The van der Waals surface area contributed by atoms with Crippen molar-refractivity contribution in [2.45, 2.75) is 39.2 Å². The van der Waals surface area contributed by atoms with Gasteiger partial charge in [-0.15, -0.1) is 0 Å². The molecular weight excluding hydrogens is 150 g/mol. The quantitative estimate of drug-likeness (QED) is 0.750. The van der Waals surface area contributed by atoms with Crippen molar-refractivity contribution in [3.8, 4) is 0 Å². The summed E-state index contributed by atoms with van der Waals surface area (Å²) < 4.78 is 5.19. The summed E-state index contributed by atoms with van der Waals surface area (Å²) in [5, 5.41) is 0. The summed E-state index contributed by atoms with van der Waals surface area (Å²) in [6.07, 6.45) is 3.73. The van der Waals surface area contributed by atoms with Crippen LogP contribution in [-0.4, -0.2) is 5.54 Å². The molecule has 0 spiro atoms. The highest BCUT2D eigenvalue weighted by atomic mass is 16.3. The molecule has 2 nitrogen and oxygen atoms in total. The van der Waals surface area contributed by atoms with E-state index in [0.29, 0.717) is 0 Å². The fourth-order valence-corrected chi connectivity index (χ4v) is 1.13. The first-order valence-electron chi connectivity index (χ1n) is 4.31. The van der Waals surface area contributed by atoms with E-state index in [2.05, 4.69) is 0 Å². The van der Waals surface area contributed by atoms with Gasteiger partial charge in [-0.3, -0.25) is 0 Å². The third kappa shape index (κ3) is 2.70. The number of rotatable bonds is 3. The standard InChI is InChI=1S/C10H17NO/c1-8-9(5-7-12-8)4-6-10(2,3)11/h5,7H,4,6,11H2,1-3H3. The van der Waals surface area contributed by atoms with Crippen LogP contribution in [-0.2, 0) is 6.42 Å². The van der Waals surface area contributed by atoms with Gasteiger partial charge in [0.1, 0.15) is 5.76 Å². The zero-order valence-corrected chi connectivity index (χ0v) is 8.05. The molecule has 2 heteroatoms. The molecule has 0 aromatic carbocycles. The molecule has 2 N–H and O–H groups in total. The summed E-state index contributed by atoms with van der Waals surface area (Å²) in [5.74, 6) is 1.01. The fourth-order valence-electron chi connectivity index (χ4n) is 1.13. The van der Waals surface area contributed by atoms with Crippen LogP contribution < -0.4 is 5.73 Å². The van der Waals surface area contributed by atoms with E-state index in [1.165, 1.54) is 5.56 Å². The van der Waals surface area contributed by atoms with Crippen molar-refractivity contribution in [1.82, 2.24) is 0 Å². The van der Waals surface area contributed by atoms with Gasteiger partial charge < -0.3 is 10.2 Å². The van der Waals surface area contributed by atoms with E-state index in [9.17, 15) is 0 Å². The number of aryl methyl sites for hydroxylation is 2. The van der Waals surface area contributed by atoms with Crippen molar-refractivity contribution < 1.29 is 4.42 Å². The van der Waals surface area contributed by atoms with E-state index >= 15 is 0 Å². The number of furan rings is 1. The molecular formula is C10H17NO. The Morgan fingerprint density at radius 1 is 1.50 bits per heavy atom. The second kappa shape index (κ2) is 3.31. The van der Waals surface area contributed by atoms with Crippen LogP contribution in [0.5, 0.6) is 0 Å². The Bertz CT molecular complexity index is 245. The van der Waals surface area contributed by atoms with Crippen molar-refractivity contribution in [2.75, 3.05) is 0 Å². The van der Waals surface area contributed by atoms with Gasteiger partial charge in [-0.05, 0) is 45.2 Å². The van der Waals surface area contributed by atoms with Crippen LogP contribution in [0.4, 0.5) is 0 Å². The van der Waals surface area contributed by atoms with Gasteiger partial charge in [0.15, 0.2) is 0 Å². The monoisotopic (exact) mass is 167 g/mol. The topological polar surface area (TPSA) is 39.2 Å². The number of hydrogen-bond donors (Lipinski definition) is 1. The first-order chi connectivity index (χ1) is 5.49. The lowest BCUT2D eigenvalue weighted by Crippen LogP contribution is -2.32. The summed E-state index contributed by atoms with van der Waals surface area (Å²) in [6.45, 7) is 6.07. The molecule has 0 amide bonds. The molecule has 0 aliphatic heterocycles. The average molecular weight is 167 g/mol. The molecule has 1 aromatic rings. The number of hydrogen-bond acceptors (Lipinski definition) is 2. The summed E-state index contributed by atoms with van der Waals surface area (Å²) in [5.41, 5.74) is 7.06. The minimum atomic E-state index is -0.0797. The Hall–Kier alpha value is -0.760. The molecule has 12 heavy (non-hydrogen) atoms. The molecule has 1 heterocycles. The van der Waals surface area contributed by atoms with Crippen LogP contribution in [0.15, 0.2) is 16.7 Å². The first kappa shape index (κ1) is 9.33. The zero-order chi connectivity index (χ0) is 9.19. The second-order valence-corrected chi connectivity index (χ2v) is 3.99. The molecule has 0 saturated heterocycles. The first-order valence-corrected chi connectivity index (χ1v) is 4.31. The normalized spacial score (nSPS) is 12.0. The van der Waals surface area contributed by atoms with Crippen molar-refractivity contribution in [3.05, 3.63) is 23.7 Å². The predicted molar refractivity (Wildman–Crippen MR) is 50.0 cm³/mol. The van der Waals surface area contributed by atoms with Crippen LogP contribution in [0.2, 0.25) is 0 Å². The van der Waals surface area contributed by atoms with E-state index in [1.807, 2.05) is 26.8 Å². The van der Waals surface area contributed by atoms with E-state index in [4.69, 9.17) is 10.2 Å². The fraction of sp³-hybridized carbons (Fsp3) is 0.600. The third-order valence-corrected chi connectivity index (χ3v) is 2.00. The third-order valence-electron chi connectivity index (χ3n) is 2.00. The minimum Gasteiger partial charge on any atom is -0.469 e. The van der Waals surface area contributed by atoms with Gasteiger partial charge in [-0.2, -0.15) is 0 Å². The molecule has 0 bridgehead atoms. The highest BCUT2D eigenvalue weighted by molar-refractivity contribution is 5.15. The van der Waals surface area contributed by atoms with Crippen LogP contribution in [0.3, 0.4) is 0 Å². The summed E-state index contributed by atoms with van der Waals surface area (Å²) in [6, 6.07) is 2.01. The molecule has 0 aliphatic carbocycles. The Kier molecular flexibility index (Phi) is 2.58. The van der Waals surface area contributed by atoms with Gasteiger partial charge in [0, 0.05) is 5.54 Å². The summed E-state index contributed by atoms with van der Waals surface area (Å²) in [4.78, 5) is 0. The average Bonchev–Trinajstić information content (AvgIpc) is 2.29. The SMILES string of the molecule is Cc1occc1CCC(C)(C)N. The highest BCUT2D eigenvalue weighted by Gasteiger charge is 2.11. The van der Waals surface area contributed by atoms with Crippen molar-refractivity contribution in [2.24, 2.45) is 5.73 Å². The van der Waals surface area contributed by atoms with Crippen LogP contribution >= 0.6 is 0 Å². The van der Waals surface area contributed by atoms with Gasteiger partial charge in [0.05, 0.1) is 6.26 Å². The summed E-state index contributed by atoms with van der Waals surface area (Å²) >= 11 is 0. The molecule has 1 rings (SSSR count). The minimum absolute atomic E-state index is 0.0797. The molecule has 0 aliphatic rings. The highest BCUT2D eigenvalue weighted by Crippen LogP contribution is 2.14. The molecule has 0 unspecified atom stereocenters. The van der Waals surface area contributed by atoms with Crippen LogP contribution in [0.25, 0.3) is 0 Å². The predicted octanol–water partition coefficient (Wildman–Crippen LogP) is 2.26. The molecule has 0 saturated carbocycles. The smallest absolute Gasteiger partial charge is 0.103 e. The van der Waals surface area contributed by atoms with E-state index in [1.54, 1.807) is 6.26 Å². The van der Waals surface area contributed by atoms with E-state index in [-0.39, 0.29) is 5.54 Å². The molecule has 68 valence electrons. The van der Waals surface area contributed by atoms with Gasteiger partial charge in [-0.25, -0.2) is 0 Å². The number of nitrogens with two attached hydrogens (primary N) is 1. The lowest BCUT2D eigenvalue weighted by molar-refractivity contribution is 0.471. The van der Waals surface area contributed by atoms with E-state index in [0.717, 1.165) is 18.6 Å². The van der Waals surface area contributed by atoms with Crippen LogP contribution in [0.1, 0.15) is 31.6 Å². The molecule has 1 aromatic heterocycles. The van der Waals surface area contributed by atoms with Crippen molar-refractivity contribution in [1.29, 1.82) is 0 Å². The maximum absolute atomic E-state index is 5.87. The lowest BCUT2D eigenvalue weighted by atomic mass is 9.97. The van der Waals surface area contributed by atoms with E-state index < -0.39 is 0 Å². The maximum Gasteiger partial charge on any atom is 0.103 e. The Morgan fingerprint density at radius 3 is 2.58 bits per heavy atom. The maximum atomic E-state index is 5.87. The lowest BCUT2D eigenvalue weighted by Gasteiger charge is -2.17. The van der Waals surface area contributed by atoms with Crippen molar-refractivity contribution >= 4 is 0 Å². The van der Waals surface area contributed by atoms with Crippen LogP contribution in [0, 0.1) is 6.92 Å². The van der Waals surface area contributed by atoms with Gasteiger partial charge in [0.25, 0.3) is 0 Å². The van der Waals surface area contributed by atoms with Crippen molar-refractivity contribution in [3.63, 3.8) is 0 Å². The Labute approximate surface area is 73.8 Å². The summed E-state index contributed by atoms with van der Waals surface area (Å²) in [7, 11) is 0. The van der Waals surface area contributed by atoms with Gasteiger partial charge in [0.2, 0.25) is 0 Å². The second-order valence-electron chi connectivity index (χ2n) is 3.99. The molecule has 0 atom stereocenters. The van der Waals surface area contributed by atoms with Gasteiger partial charge in [-0.1, -0.05) is 0 Å². The largest absolute Gasteiger partial charge is 0.469 e. The Balaban J connectivity index is 2.49. The molecule has 0 fully saturated rings. The Morgan fingerprint density at radius 2 is 2.17 bits per heavy atom. The molecule has 0 radical (unpaired) electrons.